The van der Waals surface area contributed by atoms with E-state index in [2.05, 4.69) is 19.2 Å². The lowest BCUT2D eigenvalue weighted by molar-refractivity contribution is -0.116. The van der Waals surface area contributed by atoms with Gasteiger partial charge in [0, 0.05) is 6.04 Å². The van der Waals surface area contributed by atoms with Crippen LogP contribution in [0.25, 0.3) is 0 Å². The highest BCUT2D eigenvalue weighted by molar-refractivity contribution is 6.64. The highest BCUT2D eigenvalue weighted by Gasteiger charge is 2.46. The van der Waals surface area contributed by atoms with Crippen LogP contribution in [0.2, 0.25) is 0 Å². The molecule has 2 amide bonds. The molecule has 112 valence electrons. The molecule has 0 heterocycles. The summed E-state index contributed by atoms with van der Waals surface area (Å²) < 4.78 is 0. The van der Waals surface area contributed by atoms with Crippen LogP contribution in [0.1, 0.15) is 40.0 Å². The molecule has 5 nitrogen and oxygen atoms in total. The van der Waals surface area contributed by atoms with Gasteiger partial charge in [-0.05, 0) is 41.7 Å². The molecule has 0 aromatic carbocycles. The maximum Gasteiger partial charge on any atom is 0.312 e. The normalized spacial score (nSPS) is 30.9. The van der Waals surface area contributed by atoms with Gasteiger partial charge in [-0.15, -0.1) is 12.4 Å². The van der Waals surface area contributed by atoms with Crippen molar-refractivity contribution in [2.24, 2.45) is 22.3 Å². The second-order valence-corrected chi connectivity index (χ2v) is 6.76. The molecule has 0 spiro atoms. The molecule has 3 unspecified atom stereocenters. The Bertz CT molecular complexity index is 363. The molecule has 5 N–H and O–H groups in total. The largest absolute Gasteiger partial charge is 0.352 e. The molecule has 19 heavy (non-hydrogen) atoms. The molecule has 1 aliphatic rings. The first-order chi connectivity index (χ1) is 8.06. The van der Waals surface area contributed by atoms with Crippen LogP contribution in [0, 0.1) is 10.8 Å². The minimum Gasteiger partial charge on any atom is -0.352 e. The smallest absolute Gasteiger partial charge is 0.312 e. The average Bonchev–Trinajstić information content (AvgIpc) is 2.11. The molecule has 7 heteroatoms. The van der Waals surface area contributed by atoms with E-state index in [1.54, 1.807) is 0 Å². The second-order valence-electron chi connectivity index (χ2n) is 6.39. The lowest BCUT2D eigenvalue weighted by Gasteiger charge is -2.48. The van der Waals surface area contributed by atoms with Gasteiger partial charge in [-0.1, -0.05) is 20.8 Å². The van der Waals surface area contributed by atoms with Crippen LogP contribution < -0.4 is 16.8 Å². The van der Waals surface area contributed by atoms with Gasteiger partial charge in [-0.25, -0.2) is 4.79 Å². The molecule has 0 aromatic rings. The van der Waals surface area contributed by atoms with E-state index in [1.807, 2.05) is 6.92 Å². The topological polar surface area (TPSA) is 98.2 Å². The van der Waals surface area contributed by atoms with Crippen molar-refractivity contribution < 1.29 is 9.59 Å². The van der Waals surface area contributed by atoms with Crippen LogP contribution >= 0.6 is 24.0 Å². The van der Waals surface area contributed by atoms with Crippen LogP contribution in [-0.2, 0) is 4.79 Å². The van der Waals surface area contributed by atoms with Gasteiger partial charge in [0.15, 0.2) is 0 Å². The number of nitrogens with two attached hydrogens (primary N) is 2. The van der Waals surface area contributed by atoms with Crippen molar-refractivity contribution in [1.82, 2.24) is 5.32 Å². The number of halogens is 2. The van der Waals surface area contributed by atoms with Crippen LogP contribution in [0.5, 0.6) is 0 Å². The molecule has 0 radical (unpaired) electrons. The van der Waals surface area contributed by atoms with E-state index in [0.717, 1.165) is 12.8 Å². The Labute approximate surface area is 125 Å². The minimum atomic E-state index is -0.726. The van der Waals surface area contributed by atoms with Crippen molar-refractivity contribution in [3.8, 4) is 0 Å². The number of urea groups is 1. The molecule has 0 aromatic heterocycles. The monoisotopic (exact) mass is 311 g/mol. The Morgan fingerprint density at radius 1 is 1.32 bits per heavy atom. The van der Waals surface area contributed by atoms with Crippen molar-refractivity contribution in [3.05, 3.63) is 0 Å². The average molecular weight is 312 g/mol. The number of primary amides is 1. The summed E-state index contributed by atoms with van der Waals surface area (Å²) in [4.78, 5) is 22.3. The van der Waals surface area contributed by atoms with Gasteiger partial charge in [0.2, 0.25) is 5.24 Å². The lowest BCUT2D eigenvalue weighted by Crippen LogP contribution is -2.55. The summed E-state index contributed by atoms with van der Waals surface area (Å²) in [7, 11) is 0. The van der Waals surface area contributed by atoms with Crippen LogP contribution in [-0.4, -0.2) is 23.4 Å². The molecular formula is C12H23Cl2N3O2. The molecule has 1 aliphatic carbocycles. The zero-order valence-corrected chi connectivity index (χ0v) is 13.1. The maximum absolute atomic E-state index is 11.3. The number of hydrogen-bond donors (Lipinski definition) is 3. The molecule has 0 saturated heterocycles. The Kier molecular flexibility index (Phi) is 6.11. The van der Waals surface area contributed by atoms with E-state index in [9.17, 15) is 9.59 Å². The van der Waals surface area contributed by atoms with Crippen molar-refractivity contribution >= 4 is 35.3 Å². The quantitative estimate of drug-likeness (QED) is 0.692. The van der Waals surface area contributed by atoms with Gasteiger partial charge in [-0.2, -0.15) is 0 Å². The number of carbonyl (C=O) groups is 2. The predicted octanol–water partition coefficient (Wildman–Crippen LogP) is 1.75. The SMILES string of the molecule is CC1(C)CC(NC(N)=O)CC(C)(C(N)C(=O)Cl)C1.Cl. The van der Waals surface area contributed by atoms with Gasteiger partial charge in [-0.3, -0.25) is 4.79 Å². The van der Waals surface area contributed by atoms with Crippen LogP contribution in [0.15, 0.2) is 0 Å². The molecular weight excluding hydrogens is 289 g/mol. The van der Waals surface area contributed by atoms with Crippen molar-refractivity contribution in [2.45, 2.75) is 52.1 Å². The standard InChI is InChI=1S/C12H22ClN3O2.ClH/c1-11(2)4-7(16-10(15)18)5-12(3,6-11)8(14)9(13)17;/h7-8H,4-6,14H2,1-3H3,(H3,15,16,18);1H. The summed E-state index contributed by atoms with van der Waals surface area (Å²) in [5.74, 6) is 0. The fraction of sp³-hybridized carbons (Fsp3) is 0.833. The van der Waals surface area contributed by atoms with Crippen molar-refractivity contribution in [3.63, 3.8) is 0 Å². The summed E-state index contributed by atoms with van der Waals surface area (Å²) in [5.41, 5.74) is 10.6. The fourth-order valence-electron chi connectivity index (χ4n) is 3.35. The number of rotatable bonds is 3. The summed E-state index contributed by atoms with van der Waals surface area (Å²) in [5, 5.41) is 2.18. The lowest BCUT2D eigenvalue weighted by atomic mass is 9.60. The number of hydrogen-bond acceptors (Lipinski definition) is 3. The number of nitrogens with one attached hydrogen (secondary N) is 1. The van der Waals surface area contributed by atoms with E-state index in [4.69, 9.17) is 23.1 Å². The molecule has 0 bridgehead atoms. The molecule has 1 saturated carbocycles. The van der Waals surface area contributed by atoms with Crippen molar-refractivity contribution in [1.29, 1.82) is 0 Å². The van der Waals surface area contributed by atoms with Crippen LogP contribution in [0.4, 0.5) is 4.79 Å². The molecule has 3 atom stereocenters. The van der Waals surface area contributed by atoms with Gasteiger partial charge in [0.05, 0.1) is 6.04 Å². The Balaban J connectivity index is 0.00000324. The Morgan fingerprint density at radius 2 is 1.84 bits per heavy atom. The highest BCUT2D eigenvalue weighted by atomic mass is 35.5. The van der Waals surface area contributed by atoms with E-state index < -0.39 is 22.7 Å². The van der Waals surface area contributed by atoms with Gasteiger partial charge in [0.1, 0.15) is 0 Å². The van der Waals surface area contributed by atoms with E-state index in [0.29, 0.717) is 6.42 Å². The minimum absolute atomic E-state index is 0. The molecule has 1 fully saturated rings. The Morgan fingerprint density at radius 3 is 2.26 bits per heavy atom. The third kappa shape index (κ3) is 4.82. The first-order valence-electron chi connectivity index (χ1n) is 6.07. The fourth-order valence-corrected chi connectivity index (χ4v) is 3.62. The molecule has 0 aliphatic heterocycles. The van der Waals surface area contributed by atoms with E-state index in [1.165, 1.54) is 0 Å². The highest BCUT2D eigenvalue weighted by Crippen LogP contribution is 2.47. The maximum atomic E-state index is 11.3. The first-order valence-corrected chi connectivity index (χ1v) is 6.44. The summed E-state index contributed by atoms with van der Waals surface area (Å²) in [6, 6.07) is -1.35. The first kappa shape index (κ1) is 18.5. The Hall–Kier alpha value is -0.520. The van der Waals surface area contributed by atoms with Crippen LogP contribution in [0.3, 0.4) is 0 Å². The summed E-state index contributed by atoms with van der Waals surface area (Å²) in [6.07, 6.45) is 2.21. The summed E-state index contributed by atoms with van der Waals surface area (Å²) >= 11 is 5.52. The number of carbonyl (C=O) groups excluding carboxylic acids is 2. The van der Waals surface area contributed by atoms with Gasteiger partial charge < -0.3 is 16.8 Å². The number of amides is 2. The summed E-state index contributed by atoms with van der Waals surface area (Å²) in [6.45, 7) is 6.12. The molecule has 1 rings (SSSR count). The van der Waals surface area contributed by atoms with Gasteiger partial charge in [0.25, 0.3) is 0 Å². The third-order valence-electron chi connectivity index (χ3n) is 3.74. The third-order valence-corrected chi connectivity index (χ3v) is 3.97. The second kappa shape index (κ2) is 6.29. The van der Waals surface area contributed by atoms with E-state index >= 15 is 0 Å². The zero-order chi connectivity index (χ0) is 14.1. The zero-order valence-electron chi connectivity index (χ0n) is 11.5. The van der Waals surface area contributed by atoms with Gasteiger partial charge >= 0.3 is 6.03 Å². The predicted molar refractivity (Wildman–Crippen MR) is 78.3 cm³/mol. The van der Waals surface area contributed by atoms with E-state index in [-0.39, 0.29) is 23.9 Å². The van der Waals surface area contributed by atoms with Crippen molar-refractivity contribution in [2.75, 3.05) is 0 Å².